The Morgan fingerprint density at radius 2 is 1.34 bits per heavy atom. The van der Waals surface area contributed by atoms with Gasteiger partial charge >= 0.3 is 12.4 Å². The molecule has 0 bridgehead atoms. The van der Waals surface area contributed by atoms with Crippen LogP contribution in [0.2, 0.25) is 0 Å². The summed E-state index contributed by atoms with van der Waals surface area (Å²) in [6.07, 6.45) is -10.1. The summed E-state index contributed by atoms with van der Waals surface area (Å²) in [4.78, 5) is 1.46. The standard InChI is InChI=1S/C24H28F6N2O2S/c1-13(2)17-11-19(14(3)4)21(20(12-17)15(5)6)35(33,34)32-31-22(24(28,29)30)16-8-7-9-18(10-16)23(25,26)27/h7-15,32H,1-6H3. The van der Waals surface area contributed by atoms with Crippen molar-refractivity contribution in [3.8, 4) is 0 Å². The minimum atomic E-state index is -5.23. The molecule has 0 fully saturated rings. The number of hydrazone groups is 1. The highest BCUT2D eigenvalue weighted by molar-refractivity contribution is 7.89. The molecule has 0 saturated carbocycles. The molecule has 0 unspecified atom stereocenters. The molecule has 35 heavy (non-hydrogen) atoms. The van der Waals surface area contributed by atoms with Crippen molar-refractivity contribution in [2.24, 2.45) is 5.10 Å². The summed E-state index contributed by atoms with van der Waals surface area (Å²) in [5.74, 6) is -0.495. The highest BCUT2D eigenvalue weighted by atomic mass is 32.2. The summed E-state index contributed by atoms with van der Waals surface area (Å²) in [7, 11) is -4.62. The van der Waals surface area contributed by atoms with Crippen molar-refractivity contribution in [3.05, 3.63) is 64.2 Å². The zero-order valence-corrected chi connectivity index (χ0v) is 21.0. The van der Waals surface area contributed by atoms with Crippen LogP contribution in [0.5, 0.6) is 0 Å². The molecule has 4 nitrogen and oxygen atoms in total. The molecular weight excluding hydrogens is 494 g/mol. The lowest BCUT2D eigenvalue weighted by atomic mass is 9.89. The topological polar surface area (TPSA) is 58.5 Å². The lowest BCUT2D eigenvalue weighted by molar-refractivity contribution is -0.137. The first kappa shape index (κ1) is 28.7. The lowest BCUT2D eigenvalue weighted by Gasteiger charge is -2.22. The third-order valence-electron chi connectivity index (χ3n) is 5.36. The average Bonchev–Trinajstić information content (AvgIpc) is 2.71. The number of nitrogens with zero attached hydrogens (tertiary/aromatic N) is 1. The van der Waals surface area contributed by atoms with Crippen molar-refractivity contribution in [1.29, 1.82) is 0 Å². The monoisotopic (exact) mass is 522 g/mol. The second-order valence-corrected chi connectivity index (χ2v) is 10.7. The first-order valence-electron chi connectivity index (χ1n) is 10.9. The normalized spacial score (nSPS) is 13.7. The third kappa shape index (κ3) is 6.77. The summed E-state index contributed by atoms with van der Waals surface area (Å²) in [6.45, 7) is 10.9. The van der Waals surface area contributed by atoms with Gasteiger partial charge in [-0.2, -0.15) is 44.7 Å². The molecule has 2 aromatic rings. The minimum Gasteiger partial charge on any atom is -0.200 e. The number of sulfonamides is 1. The van der Waals surface area contributed by atoms with Crippen molar-refractivity contribution < 1.29 is 34.8 Å². The Bertz CT molecular complexity index is 1170. The Morgan fingerprint density at radius 1 is 0.829 bits per heavy atom. The van der Waals surface area contributed by atoms with Gasteiger partial charge in [0.15, 0.2) is 5.71 Å². The highest BCUT2D eigenvalue weighted by Gasteiger charge is 2.39. The van der Waals surface area contributed by atoms with Gasteiger partial charge in [-0.1, -0.05) is 65.8 Å². The van der Waals surface area contributed by atoms with E-state index in [0.29, 0.717) is 17.2 Å². The smallest absolute Gasteiger partial charge is 0.200 e. The third-order valence-corrected chi connectivity index (χ3v) is 6.70. The van der Waals surface area contributed by atoms with Crippen LogP contribution in [0, 0.1) is 0 Å². The molecule has 0 heterocycles. The number of rotatable bonds is 7. The first-order chi connectivity index (χ1) is 15.9. The molecule has 0 aromatic heterocycles. The van der Waals surface area contributed by atoms with E-state index in [4.69, 9.17) is 0 Å². The molecule has 1 N–H and O–H groups in total. The maximum atomic E-state index is 13.7. The maximum Gasteiger partial charge on any atom is 0.435 e. The number of hydrogen-bond acceptors (Lipinski definition) is 3. The molecule has 0 aliphatic carbocycles. The van der Waals surface area contributed by atoms with Crippen molar-refractivity contribution in [1.82, 2.24) is 4.83 Å². The van der Waals surface area contributed by atoms with Crippen molar-refractivity contribution >= 4 is 15.7 Å². The number of benzene rings is 2. The van der Waals surface area contributed by atoms with Gasteiger partial charge < -0.3 is 0 Å². The second-order valence-electron chi connectivity index (χ2n) is 9.12. The van der Waals surface area contributed by atoms with Gasteiger partial charge in [0.1, 0.15) is 0 Å². The molecule has 0 aliphatic heterocycles. The van der Waals surface area contributed by atoms with Crippen LogP contribution in [-0.2, 0) is 16.2 Å². The van der Waals surface area contributed by atoms with Gasteiger partial charge in [0.05, 0.1) is 10.5 Å². The van der Waals surface area contributed by atoms with Crippen LogP contribution < -0.4 is 4.83 Å². The molecule has 0 saturated heterocycles. The highest BCUT2D eigenvalue weighted by Crippen LogP contribution is 2.35. The maximum absolute atomic E-state index is 13.7. The van der Waals surface area contributed by atoms with Gasteiger partial charge in [-0.3, -0.25) is 0 Å². The Labute approximate surface area is 201 Å². The van der Waals surface area contributed by atoms with Gasteiger partial charge in [0.25, 0.3) is 10.0 Å². The Hall–Kier alpha value is -2.56. The van der Waals surface area contributed by atoms with E-state index in [-0.39, 0.29) is 28.7 Å². The fourth-order valence-corrected chi connectivity index (χ4v) is 5.00. The fourth-order valence-electron chi connectivity index (χ4n) is 3.49. The summed E-state index contributed by atoms with van der Waals surface area (Å²) in [6, 6.07) is 5.88. The molecule has 0 atom stereocenters. The zero-order chi connectivity index (χ0) is 26.9. The van der Waals surface area contributed by atoms with E-state index in [1.54, 1.807) is 44.7 Å². The van der Waals surface area contributed by atoms with Gasteiger partial charge in [-0.05, 0) is 46.6 Å². The molecule has 2 aromatic carbocycles. The SMILES string of the molecule is CC(C)c1cc(C(C)C)c(S(=O)(=O)NN=C(c2cccc(C(F)(F)F)c2)C(F)(F)F)c(C(C)C)c1. The molecule has 0 radical (unpaired) electrons. The minimum absolute atomic E-state index is 0.0745. The Kier molecular flexibility index (Phi) is 8.36. The molecule has 2 rings (SSSR count). The molecule has 0 amide bonds. The van der Waals surface area contributed by atoms with Gasteiger partial charge in [-0.25, -0.2) is 0 Å². The van der Waals surface area contributed by atoms with Crippen molar-refractivity contribution in [2.75, 3.05) is 0 Å². The van der Waals surface area contributed by atoms with Crippen LogP contribution in [0.3, 0.4) is 0 Å². The van der Waals surface area contributed by atoms with E-state index >= 15 is 0 Å². The number of halogens is 6. The second kappa shape index (κ2) is 10.2. The van der Waals surface area contributed by atoms with Gasteiger partial charge in [-0.15, -0.1) is 0 Å². The van der Waals surface area contributed by atoms with Crippen LogP contribution >= 0.6 is 0 Å². The molecule has 0 spiro atoms. The van der Waals surface area contributed by atoms with Gasteiger partial charge in [0, 0.05) is 5.56 Å². The average molecular weight is 523 g/mol. The van der Waals surface area contributed by atoms with E-state index in [9.17, 15) is 34.8 Å². The number of nitrogens with one attached hydrogen (secondary N) is 1. The van der Waals surface area contributed by atoms with E-state index in [1.165, 1.54) is 0 Å². The lowest BCUT2D eigenvalue weighted by Crippen LogP contribution is -2.30. The summed E-state index contributed by atoms with van der Waals surface area (Å²) < 4.78 is 107. The molecule has 194 valence electrons. The van der Waals surface area contributed by atoms with E-state index in [0.717, 1.165) is 17.7 Å². The predicted molar refractivity (Wildman–Crippen MR) is 123 cm³/mol. The van der Waals surface area contributed by atoms with Crippen LogP contribution in [0.15, 0.2) is 46.4 Å². The molecule has 11 heteroatoms. The summed E-state index contributed by atoms with van der Waals surface area (Å²) in [5, 5.41) is 3.08. The number of alkyl halides is 6. The van der Waals surface area contributed by atoms with Crippen LogP contribution in [0.25, 0.3) is 0 Å². The van der Waals surface area contributed by atoms with E-state index in [1.807, 2.05) is 13.8 Å². The van der Waals surface area contributed by atoms with E-state index < -0.39 is 39.2 Å². The summed E-state index contributed by atoms with van der Waals surface area (Å²) in [5.41, 5.74) is -2.32. The van der Waals surface area contributed by atoms with Crippen LogP contribution in [0.4, 0.5) is 26.3 Å². The number of hydrogen-bond donors (Lipinski definition) is 1. The quantitative estimate of drug-likeness (QED) is 0.235. The van der Waals surface area contributed by atoms with Crippen molar-refractivity contribution in [2.45, 2.75) is 76.5 Å². The Balaban J connectivity index is 2.70. The first-order valence-corrected chi connectivity index (χ1v) is 12.4. The molecular formula is C24H28F6N2O2S. The Morgan fingerprint density at radius 3 is 1.74 bits per heavy atom. The largest absolute Gasteiger partial charge is 0.435 e. The summed E-state index contributed by atoms with van der Waals surface area (Å²) >= 11 is 0. The predicted octanol–water partition coefficient (Wildman–Crippen LogP) is 7.32. The fraction of sp³-hybridized carbons (Fsp3) is 0.458. The van der Waals surface area contributed by atoms with Crippen LogP contribution in [0.1, 0.15) is 87.1 Å². The van der Waals surface area contributed by atoms with Gasteiger partial charge in [0.2, 0.25) is 0 Å². The van der Waals surface area contributed by atoms with Crippen LogP contribution in [-0.4, -0.2) is 20.3 Å². The van der Waals surface area contributed by atoms with Crippen molar-refractivity contribution in [3.63, 3.8) is 0 Å². The van der Waals surface area contributed by atoms with E-state index in [2.05, 4.69) is 5.10 Å². The molecule has 0 aliphatic rings. The zero-order valence-electron chi connectivity index (χ0n) is 20.1.